The van der Waals surface area contributed by atoms with E-state index in [1.54, 1.807) is 0 Å². The summed E-state index contributed by atoms with van der Waals surface area (Å²) in [5, 5.41) is 5.56. The van der Waals surface area contributed by atoms with Gasteiger partial charge in [0.2, 0.25) is 0 Å². The number of hydrogen-bond acceptors (Lipinski definition) is 3. The summed E-state index contributed by atoms with van der Waals surface area (Å²) in [5.41, 5.74) is 8.93. The summed E-state index contributed by atoms with van der Waals surface area (Å²) in [6.07, 6.45) is 0. The molecule has 1 aromatic heterocycles. The second-order valence-corrected chi connectivity index (χ2v) is 5.92. The molecule has 0 radical (unpaired) electrons. The van der Waals surface area contributed by atoms with Gasteiger partial charge in [-0.1, -0.05) is 24.3 Å². The smallest absolute Gasteiger partial charge is 0.131 e. The number of aromatic nitrogens is 2. The molecule has 1 heterocycles. The van der Waals surface area contributed by atoms with Gasteiger partial charge >= 0.3 is 0 Å². The second kappa shape index (κ2) is 6.03. The van der Waals surface area contributed by atoms with Crippen LogP contribution in [0.4, 0.5) is 0 Å². The monoisotopic (exact) mass is 393 g/mol. The fraction of sp³-hybridized carbons (Fsp3) is 0.188. The minimum atomic E-state index is 0.547. The van der Waals surface area contributed by atoms with Crippen molar-refractivity contribution in [1.82, 2.24) is 9.78 Å². The Hall–Kier alpha value is -1.60. The molecule has 0 fully saturated rings. The largest absolute Gasteiger partial charge is 0.489 e. The lowest BCUT2D eigenvalue weighted by Gasteiger charge is -2.07. The molecule has 0 aliphatic heterocycles. The Bertz CT molecular complexity index is 765. The molecule has 0 bridgehead atoms. The van der Waals surface area contributed by atoms with E-state index in [9.17, 15) is 0 Å². The summed E-state index contributed by atoms with van der Waals surface area (Å²) in [7, 11) is 1.94. The van der Waals surface area contributed by atoms with E-state index in [0.29, 0.717) is 13.2 Å². The number of fused-ring (bicyclic) bond motifs is 1. The van der Waals surface area contributed by atoms with Gasteiger partial charge in [0.05, 0.1) is 5.52 Å². The Morgan fingerprint density at radius 3 is 2.57 bits per heavy atom. The predicted molar refractivity (Wildman–Crippen MR) is 92.1 cm³/mol. The topological polar surface area (TPSA) is 53.1 Å². The van der Waals surface area contributed by atoms with Gasteiger partial charge in [-0.15, -0.1) is 0 Å². The van der Waals surface area contributed by atoms with Crippen molar-refractivity contribution in [2.24, 2.45) is 12.8 Å². The second-order valence-electron chi connectivity index (χ2n) is 4.90. The zero-order valence-electron chi connectivity index (χ0n) is 11.7. The summed E-state index contributed by atoms with van der Waals surface area (Å²) in [6.45, 7) is 1.11. The molecule has 5 heteroatoms. The minimum Gasteiger partial charge on any atom is -0.489 e. The first-order valence-electron chi connectivity index (χ1n) is 6.70. The molecule has 3 rings (SSSR count). The number of rotatable bonds is 4. The molecule has 0 saturated carbocycles. The highest BCUT2D eigenvalue weighted by Gasteiger charge is 2.07. The van der Waals surface area contributed by atoms with Gasteiger partial charge in [-0.3, -0.25) is 4.68 Å². The van der Waals surface area contributed by atoms with Gasteiger partial charge in [-0.05, 0) is 45.9 Å². The summed E-state index contributed by atoms with van der Waals surface area (Å²) in [6, 6.07) is 14.2. The summed E-state index contributed by atoms with van der Waals surface area (Å²) >= 11 is 2.24. The van der Waals surface area contributed by atoms with Crippen LogP contribution in [-0.4, -0.2) is 9.78 Å². The van der Waals surface area contributed by atoms with Crippen molar-refractivity contribution in [2.45, 2.75) is 13.2 Å². The first-order chi connectivity index (χ1) is 10.2. The van der Waals surface area contributed by atoms with Gasteiger partial charge in [-0.25, -0.2) is 0 Å². The molecule has 2 N–H and O–H groups in total. The summed E-state index contributed by atoms with van der Waals surface area (Å²) < 4.78 is 8.75. The molecule has 0 amide bonds. The van der Waals surface area contributed by atoms with Crippen LogP contribution in [0.2, 0.25) is 0 Å². The molecule has 21 heavy (non-hydrogen) atoms. The molecular formula is C16H16IN3O. The zero-order valence-corrected chi connectivity index (χ0v) is 13.9. The van der Waals surface area contributed by atoms with E-state index >= 15 is 0 Å². The van der Waals surface area contributed by atoms with Gasteiger partial charge in [0.15, 0.2) is 0 Å². The van der Waals surface area contributed by atoms with Gasteiger partial charge in [-0.2, -0.15) is 5.10 Å². The Labute approximate surface area is 137 Å². The third-order valence-electron chi connectivity index (χ3n) is 3.44. The fourth-order valence-corrected chi connectivity index (χ4v) is 3.00. The molecule has 0 unspecified atom stereocenters. The van der Waals surface area contributed by atoms with Crippen molar-refractivity contribution in [2.75, 3.05) is 0 Å². The predicted octanol–water partition coefficient (Wildman–Crippen LogP) is 3.22. The number of benzene rings is 2. The normalized spacial score (nSPS) is 11.0. The fourth-order valence-electron chi connectivity index (χ4n) is 2.22. The molecular weight excluding hydrogens is 377 g/mol. The van der Waals surface area contributed by atoms with Gasteiger partial charge < -0.3 is 10.5 Å². The van der Waals surface area contributed by atoms with Crippen LogP contribution in [0.25, 0.3) is 10.9 Å². The molecule has 0 aliphatic carbocycles. The maximum atomic E-state index is 5.86. The third-order valence-corrected chi connectivity index (χ3v) is 4.24. The molecule has 4 nitrogen and oxygen atoms in total. The lowest BCUT2D eigenvalue weighted by atomic mass is 10.1. The molecule has 0 aliphatic rings. The standard InChI is InChI=1S/C16H16IN3O/c1-20-15-8-13(6-7-14(15)16(17)19-20)21-10-12-4-2-11(9-18)3-5-12/h2-8H,9-10,18H2,1H3. The van der Waals surface area contributed by atoms with E-state index in [1.807, 2.05) is 48.1 Å². The molecule has 0 atom stereocenters. The van der Waals surface area contributed by atoms with Crippen molar-refractivity contribution < 1.29 is 4.74 Å². The van der Waals surface area contributed by atoms with Gasteiger partial charge in [0.25, 0.3) is 0 Å². The van der Waals surface area contributed by atoms with Gasteiger partial charge in [0.1, 0.15) is 16.1 Å². The molecule has 0 saturated heterocycles. The highest BCUT2D eigenvalue weighted by Crippen LogP contribution is 2.24. The number of nitrogens with zero attached hydrogens (tertiary/aromatic N) is 2. The first-order valence-corrected chi connectivity index (χ1v) is 7.78. The first kappa shape index (κ1) is 14.3. The van der Waals surface area contributed by atoms with E-state index in [1.165, 1.54) is 0 Å². The van der Waals surface area contributed by atoms with E-state index in [-0.39, 0.29) is 0 Å². The molecule has 2 aromatic carbocycles. The number of halogens is 1. The van der Waals surface area contributed by atoms with E-state index in [4.69, 9.17) is 10.5 Å². The van der Waals surface area contributed by atoms with Crippen molar-refractivity contribution in [3.05, 3.63) is 57.3 Å². The van der Waals surface area contributed by atoms with Crippen LogP contribution >= 0.6 is 22.6 Å². The lowest BCUT2D eigenvalue weighted by molar-refractivity contribution is 0.306. The van der Waals surface area contributed by atoms with Crippen molar-refractivity contribution in [1.29, 1.82) is 0 Å². The number of hydrogen-bond donors (Lipinski definition) is 1. The van der Waals surface area contributed by atoms with Gasteiger partial charge in [0, 0.05) is 25.0 Å². The molecule has 108 valence electrons. The molecule has 0 spiro atoms. The molecule has 3 aromatic rings. The van der Waals surface area contributed by atoms with E-state index < -0.39 is 0 Å². The number of nitrogens with two attached hydrogens (primary N) is 1. The summed E-state index contributed by atoms with van der Waals surface area (Å²) in [5.74, 6) is 0.852. The lowest BCUT2D eigenvalue weighted by Crippen LogP contribution is -1.98. The Balaban J connectivity index is 1.76. The Morgan fingerprint density at radius 1 is 1.14 bits per heavy atom. The van der Waals surface area contributed by atoms with Crippen LogP contribution in [0, 0.1) is 3.70 Å². The Kier molecular flexibility index (Phi) is 4.12. The number of ether oxygens (including phenoxy) is 1. The third kappa shape index (κ3) is 3.03. The van der Waals surface area contributed by atoms with Crippen molar-refractivity contribution in [3.63, 3.8) is 0 Å². The van der Waals surface area contributed by atoms with E-state index in [2.05, 4.69) is 33.8 Å². The van der Waals surface area contributed by atoms with Crippen LogP contribution in [0.1, 0.15) is 11.1 Å². The zero-order chi connectivity index (χ0) is 14.8. The highest BCUT2D eigenvalue weighted by molar-refractivity contribution is 14.1. The van der Waals surface area contributed by atoms with Crippen LogP contribution < -0.4 is 10.5 Å². The van der Waals surface area contributed by atoms with Crippen LogP contribution in [-0.2, 0) is 20.2 Å². The van der Waals surface area contributed by atoms with Crippen LogP contribution in [0.5, 0.6) is 5.75 Å². The highest BCUT2D eigenvalue weighted by atomic mass is 127. The van der Waals surface area contributed by atoms with Crippen molar-refractivity contribution >= 4 is 33.5 Å². The van der Waals surface area contributed by atoms with Crippen molar-refractivity contribution in [3.8, 4) is 5.75 Å². The SMILES string of the molecule is Cn1nc(I)c2ccc(OCc3ccc(CN)cc3)cc21. The van der Waals surface area contributed by atoms with Crippen LogP contribution in [0.3, 0.4) is 0 Å². The minimum absolute atomic E-state index is 0.547. The maximum Gasteiger partial charge on any atom is 0.131 e. The maximum absolute atomic E-state index is 5.86. The van der Waals surface area contributed by atoms with E-state index in [0.717, 1.165) is 31.5 Å². The summed E-state index contributed by atoms with van der Waals surface area (Å²) in [4.78, 5) is 0. The Morgan fingerprint density at radius 2 is 1.86 bits per heavy atom. The quantitative estimate of drug-likeness (QED) is 0.693. The number of aryl methyl sites for hydroxylation is 1. The average molecular weight is 393 g/mol. The van der Waals surface area contributed by atoms with Crippen LogP contribution in [0.15, 0.2) is 42.5 Å². The average Bonchev–Trinajstić information content (AvgIpc) is 2.80.